The summed E-state index contributed by atoms with van der Waals surface area (Å²) in [5.74, 6) is -2.86. The minimum absolute atomic E-state index is 0.00828. The van der Waals surface area contributed by atoms with Crippen LogP contribution in [-0.2, 0) is 35.3 Å². The van der Waals surface area contributed by atoms with E-state index < -0.39 is 58.9 Å². The van der Waals surface area contributed by atoms with Gasteiger partial charge in [-0.15, -0.1) is 0 Å². The molecule has 6 N–H and O–H groups in total. The van der Waals surface area contributed by atoms with E-state index in [1.807, 2.05) is 43.3 Å². The second-order valence-corrected chi connectivity index (χ2v) is 16.4. The topological polar surface area (TPSA) is 198 Å². The monoisotopic (exact) mass is 765 g/mol. The summed E-state index contributed by atoms with van der Waals surface area (Å²) < 4.78 is 10.6. The van der Waals surface area contributed by atoms with Crippen molar-refractivity contribution in [3.63, 3.8) is 0 Å². The smallest absolute Gasteiger partial charge is 0.306 e. The maximum absolute atomic E-state index is 13.6. The van der Waals surface area contributed by atoms with Gasteiger partial charge in [-0.25, -0.2) is 0 Å². The molecule has 12 heteroatoms. The minimum atomic E-state index is -1.77. The predicted molar refractivity (Wildman–Crippen MR) is 208 cm³/mol. The van der Waals surface area contributed by atoms with Crippen LogP contribution in [0.5, 0.6) is 0 Å². The van der Waals surface area contributed by atoms with Gasteiger partial charge in [0.1, 0.15) is 12.2 Å². The van der Waals surface area contributed by atoms with Crippen LogP contribution in [0, 0.1) is 28.6 Å². The second-order valence-electron chi connectivity index (χ2n) is 16.4. The first-order valence-electron chi connectivity index (χ1n) is 19.5. The number of nitrogens with zero attached hydrogens (tertiary/aromatic N) is 1. The first kappa shape index (κ1) is 39.5. The number of hydrogen-bond acceptors (Lipinski definition) is 11. The standard InChI is InChI=1S/C44H51N3O9/c1-42-16-13-32(48)20-30(42)8-10-33-35-14-17-44(54,43(35,2)21-36(49)40(33)42)37(50)25-56-39(52)12-11-38(51)55-24-26-3-5-27(6-4-26)34(22-45)41(53)47-31-9-7-29-23-46-18-15-28(29)19-31/h3-7,9,13,15-16,18-20,23,32-36,40,48-49,54H,8,10-12,14,17,21-22,24-25,45H2,1-2H3,(H,47,53)/t32?,33-,34+,35-,36-,40+,42-,43-,44-/m0/s1. The highest BCUT2D eigenvalue weighted by Crippen LogP contribution is 2.67. The summed E-state index contributed by atoms with van der Waals surface area (Å²) >= 11 is 0. The van der Waals surface area contributed by atoms with Crippen LogP contribution >= 0.6 is 0 Å². The molecule has 1 unspecified atom stereocenters. The van der Waals surface area contributed by atoms with E-state index in [9.17, 15) is 34.5 Å². The molecule has 7 rings (SSSR count). The number of ether oxygens (including phenoxy) is 2. The number of aliphatic hydroxyl groups excluding tert-OH is 2. The number of esters is 2. The van der Waals surface area contributed by atoms with Gasteiger partial charge in [0.2, 0.25) is 11.7 Å². The molecule has 2 aromatic carbocycles. The van der Waals surface area contributed by atoms with E-state index in [0.29, 0.717) is 23.2 Å². The second kappa shape index (κ2) is 15.7. The summed E-state index contributed by atoms with van der Waals surface area (Å²) in [6.07, 6.45) is 9.78. The number of hydrogen-bond donors (Lipinski definition) is 5. The van der Waals surface area contributed by atoms with Crippen molar-refractivity contribution in [2.75, 3.05) is 18.5 Å². The Bertz CT molecular complexity index is 2070. The molecule has 56 heavy (non-hydrogen) atoms. The van der Waals surface area contributed by atoms with Crippen LogP contribution < -0.4 is 11.1 Å². The van der Waals surface area contributed by atoms with E-state index in [1.54, 1.807) is 42.7 Å². The molecule has 12 nitrogen and oxygen atoms in total. The third-order valence-corrected chi connectivity index (χ3v) is 13.4. The molecule has 296 valence electrons. The highest BCUT2D eigenvalue weighted by atomic mass is 16.5. The highest BCUT2D eigenvalue weighted by Gasteiger charge is 2.68. The number of allylic oxidation sites excluding steroid dienone is 2. The van der Waals surface area contributed by atoms with E-state index in [-0.39, 0.29) is 62.5 Å². The molecule has 4 aliphatic rings. The van der Waals surface area contributed by atoms with Crippen molar-refractivity contribution in [1.82, 2.24) is 4.98 Å². The number of aliphatic hydroxyl groups is 3. The van der Waals surface area contributed by atoms with Crippen molar-refractivity contribution in [2.24, 2.45) is 34.3 Å². The van der Waals surface area contributed by atoms with Gasteiger partial charge < -0.3 is 35.8 Å². The molecule has 1 aromatic heterocycles. The van der Waals surface area contributed by atoms with Crippen LogP contribution in [0.15, 0.2) is 84.7 Å². The van der Waals surface area contributed by atoms with Crippen LogP contribution in [0.3, 0.4) is 0 Å². The fourth-order valence-electron chi connectivity index (χ4n) is 10.3. The predicted octanol–water partition coefficient (Wildman–Crippen LogP) is 4.65. The van der Waals surface area contributed by atoms with E-state index in [1.165, 1.54) is 0 Å². The zero-order valence-corrected chi connectivity index (χ0v) is 31.9. The number of fused-ring (bicyclic) bond motifs is 6. The quantitative estimate of drug-likeness (QED) is 0.127. The molecular weight excluding hydrogens is 714 g/mol. The Kier molecular flexibility index (Phi) is 11.0. The first-order chi connectivity index (χ1) is 26.8. The van der Waals surface area contributed by atoms with Gasteiger partial charge in [-0.3, -0.25) is 24.2 Å². The number of nitrogens with two attached hydrogens (primary N) is 1. The Morgan fingerprint density at radius 1 is 0.982 bits per heavy atom. The van der Waals surface area contributed by atoms with Crippen LogP contribution in [-0.4, -0.2) is 74.9 Å². The normalized spacial score (nSPS) is 31.0. The summed E-state index contributed by atoms with van der Waals surface area (Å²) in [4.78, 5) is 55.9. The van der Waals surface area contributed by atoms with Crippen LogP contribution in [0.25, 0.3) is 10.8 Å². The molecule has 0 bridgehead atoms. The van der Waals surface area contributed by atoms with Gasteiger partial charge in [0.05, 0.1) is 31.0 Å². The van der Waals surface area contributed by atoms with E-state index in [2.05, 4.69) is 17.2 Å². The Morgan fingerprint density at radius 2 is 1.73 bits per heavy atom. The molecule has 3 saturated carbocycles. The molecule has 0 aliphatic heterocycles. The molecule has 0 spiro atoms. The Balaban J connectivity index is 0.864. The van der Waals surface area contributed by atoms with Gasteiger partial charge >= 0.3 is 11.9 Å². The summed E-state index contributed by atoms with van der Waals surface area (Å²) in [5.41, 5.74) is 6.07. The Labute approximate surface area is 326 Å². The number of carbonyl (C=O) groups excluding carboxylic acids is 4. The van der Waals surface area contributed by atoms with Gasteiger partial charge in [-0.1, -0.05) is 68.0 Å². The number of carbonyl (C=O) groups is 4. The number of benzene rings is 2. The van der Waals surface area contributed by atoms with Crippen LogP contribution in [0.2, 0.25) is 0 Å². The number of aromatic nitrogens is 1. The van der Waals surface area contributed by atoms with Crippen molar-refractivity contribution >= 4 is 40.1 Å². The number of ketones is 1. The maximum atomic E-state index is 13.6. The zero-order valence-electron chi connectivity index (χ0n) is 31.9. The molecule has 9 atom stereocenters. The van der Waals surface area contributed by atoms with Gasteiger partial charge in [0.25, 0.3) is 0 Å². The first-order valence-corrected chi connectivity index (χ1v) is 19.5. The number of rotatable bonds is 12. The molecular formula is C44H51N3O9. The van der Waals surface area contributed by atoms with Crippen molar-refractivity contribution in [3.8, 4) is 0 Å². The van der Waals surface area contributed by atoms with Gasteiger partial charge in [0, 0.05) is 46.8 Å². The number of amides is 1. The lowest BCUT2D eigenvalue weighted by Crippen LogP contribution is -2.61. The Morgan fingerprint density at radius 3 is 2.48 bits per heavy atom. The van der Waals surface area contributed by atoms with E-state index >= 15 is 0 Å². The minimum Gasteiger partial charge on any atom is -0.461 e. The SMILES string of the molecule is C[C@]12C=CC(O)C=C1CC[C@@H]1[C@@H]2[C@@H](O)C[C@@]2(C)[C@H]1CC[C@]2(O)C(=O)COC(=O)CCC(=O)OCc1ccc([C@@H](CN)C(=O)Nc2ccc3cnccc3c2)cc1. The molecule has 0 saturated heterocycles. The molecule has 3 fully saturated rings. The van der Waals surface area contributed by atoms with Gasteiger partial charge in [0.15, 0.2) is 6.61 Å². The third kappa shape index (κ3) is 7.31. The van der Waals surface area contributed by atoms with E-state index in [4.69, 9.17) is 15.2 Å². The maximum Gasteiger partial charge on any atom is 0.306 e. The van der Waals surface area contributed by atoms with Crippen molar-refractivity contribution in [3.05, 3.63) is 95.9 Å². The fraction of sp³-hybridized carbons (Fsp3) is 0.477. The number of Topliss-reactive ketones (excluding diaryl/α,β-unsaturated/α-hetero) is 1. The van der Waals surface area contributed by atoms with Crippen molar-refractivity contribution in [1.29, 1.82) is 0 Å². The lowest BCUT2D eigenvalue weighted by molar-refractivity contribution is -0.181. The third-order valence-electron chi connectivity index (χ3n) is 13.4. The van der Waals surface area contributed by atoms with Crippen molar-refractivity contribution in [2.45, 2.75) is 89.1 Å². The number of anilines is 1. The summed E-state index contributed by atoms with van der Waals surface area (Å²) in [6, 6.07) is 14.4. The average molecular weight is 766 g/mol. The van der Waals surface area contributed by atoms with Gasteiger partial charge in [-0.2, -0.15) is 0 Å². The summed E-state index contributed by atoms with van der Waals surface area (Å²) in [5, 5.41) is 38.6. The lowest BCUT2D eigenvalue weighted by Gasteiger charge is -2.59. The molecule has 0 radical (unpaired) electrons. The van der Waals surface area contributed by atoms with Gasteiger partial charge in [-0.05, 0) is 78.7 Å². The Hall–Kier alpha value is -4.75. The molecule has 1 amide bonds. The summed E-state index contributed by atoms with van der Waals surface area (Å²) in [7, 11) is 0. The molecule has 1 heterocycles. The number of pyridine rings is 1. The molecule has 4 aliphatic carbocycles. The fourth-order valence-corrected chi connectivity index (χ4v) is 10.3. The largest absolute Gasteiger partial charge is 0.461 e. The van der Waals surface area contributed by atoms with Crippen molar-refractivity contribution < 1.29 is 44.0 Å². The average Bonchev–Trinajstić information content (AvgIpc) is 3.46. The van der Waals surface area contributed by atoms with E-state index in [0.717, 1.165) is 29.2 Å². The van der Waals surface area contributed by atoms with Crippen LogP contribution in [0.4, 0.5) is 5.69 Å². The summed E-state index contributed by atoms with van der Waals surface area (Å²) in [6.45, 7) is 3.40. The zero-order chi connectivity index (χ0) is 39.8. The number of nitrogens with one attached hydrogen (secondary N) is 1. The molecule has 3 aromatic rings. The van der Waals surface area contributed by atoms with Crippen LogP contribution in [0.1, 0.15) is 75.8 Å². The highest BCUT2D eigenvalue weighted by molar-refractivity contribution is 5.98. The lowest BCUT2D eigenvalue weighted by atomic mass is 9.46.